The van der Waals surface area contributed by atoms with Crippen molar-refractivity contribution in [1.29, 1.82) is 0 Å². The lowest BCUT2D eigenvalue weighted by Gasteiger charge is -2.10. The highest BCUT2D eigenvalue weighted by Crippen LogP contribution is 2.52. The third-order valence-corrected chi connectivity index (χ3v) is 4.98. The number of rotatable bonds is 4. The normalized spacial score (nSPS) is 21.0. The second-order valence-corrected chi connectivity index (χ2v) is 7.27. The Kier molecular flexibility index (Phi) is 4.48. The van der Waals surface area contributed by atoms with E-state index in [1.165, 1.54) is 12.1 Å². The van der Waals surface area contributed by atoms with Gasteiger partial charge in [0, 0.05) is 10.8 Å². The molecule has 22 heavy (non-hydrogen) atoms. The molecule has 1 aliphatic carbocycles. The lowest BCUT2D eigenvalue weighted by molar-refractivity contribution is -0.105. The number of nitrogens with two attached hydrogens (primary N) is 1. The molecular weight excluding hydrogens is 316 g/mol. The fraction of sp³-hybridized carbons (Fsp3) is 0.533. The Bertz CT molecular complexity index is 608. The summed E-state index contributed by atoms with van der Waals surface area (Å²) in [6.07, 6.45) is -3.39. The molecule has 0 radical (unpaired) electrons. The van der Waals surface area contributed by atoms with Crippen LogP contribution in [0.4, 0.5) is 23.2 Å². The lowest BCUT2D eigenvalue weighted by atomic mass is 10.1. The molecule has 1 aromatic carbocycles. The minimum Gasteiger partial charge on any atom is -0.387 e. The highest BCUT2D eigenvalue weighted by atomic mass is 32.2. The van der Waals surface area contributed by atoms with Crippen LogP contribution in [0.1, 0.15) is 25.8 Å². The van der Waals surface area contributed by atoms with Gasteiger partial charge in [0.2, 0.25) is 0 Å². The van der Waals surface area contributed by atoms with E-state index in [1.807, 2.05) is 13.8 Å². The van der Waals surface area contributed by atoms with Crippen LogP contribution in [0.2, 0.25) is 0 Å². The molecular formula is C15H18F4N2S. The maximum absolute atomic E-state index is 13.9. The zero-order valence-electron chi connectivity index (χ0n) is 12.6. The Labute approximate surface area is 131 Å². The molecule has 1 aromatic rings. The minimum atomic E-state index is -4.27. The van der Waals surface area contributed by atoms with Crippen LogP contribution in [-0.2, 0) is 0 Å². The molecule has 0 spiro atoms. The first-order chi connectivity index (χ1) is 9.99. The third kappa shape index (κ3) is 4.15. The molecule has 7 heteroatoms. The van der Waals surface area contributed by atoms with E-state index < -0.39 is 17.7 Å². The SMILES string of the molecule is Cc1cc(F)c(/N=C(\N)[C@H]2CC2(C)C)cc1SCC(F)(F)F. The summed E-state index contributed by atoms with van der Waals surface area (Å²) in [5.74, 6) is -1.16. The molecule has 0 heterocycles. The monoisotopic (exact) mass is 334 g/mol. The van der Waals surface area contributed by atoms with Gasteiger partial charge in [-0.25, -0.2) is 9.38 Å². The van der Waals surface area contributed by atoms with Crippen LogP contribution in [0, 0.1) is 24.1 Å². The van der Waals surface area contributed by atoms with Crippen LogP contribution in [0.3, 0.4) is 0 Å². The van der Waals surface area contributed by atoms with Gasteiger partial charge in [0.1, 0.15) is 17.3 Å². The first-order valence-electron chi connectivity index (χ1n) is 6.83. The van der Waals surface area contributed by atoms with Crippen molar-refractivity contribution in [1.82, 2.24) is 0 Å². The summed E-state index contributed by atoms with van der Waals surface area (Å²) in [4.78, 5) is 4.45. The van der Waals surface area contributed by atoms with Crippen LogP contribution in [-0.4, -0.2) is 17.8 Å². The molecule has 0 amide bonds. The number of aryl methyl sites for hydroxylation is 1. The van der Waals surface area contributed by atoms with Gasteiger partial charge < -0.3 is 5.73 Å². The minimum absolute atomic E-state index is 0.00419. The number of thioether (sulfide) groups is 1. The van der Waals surface area contributed by atoms with E-state index in [4.69, 9.17) is 5.73 Å². The molecule has 2 N–H and O–H groups in total. The second-order valence-electron chi connectivity index (χ2n) is 6.25. The number of hydrogen-bond acceptors (Lipinski definition) is 2. The fourth-order valence-corrected chi connectivity index (χ4v) is 3.03. The van der Waals surface area contributed by atoms with Gasteiger partial charge in [-0.05, 0) is 36.5 Å². The quantitative estimate of drug-likeness (QED) is 0.371. The summed E-state index contributed by atoms with van der Waals surface area (Å²) < 4.78 is 50.9. The van der Waals surface area contributed by atoms with E-state index in [2.05, 4.69) is 4.99 Å². The Balaban J connectivity index is 2.23. The summed E-state index contributed by atoms with van der Waals surface area (Å²) in [7, 11) is 0. The zero-order chi connectivity index (χ0) is 16.7. The molecule has 1 saturated carbocycles. The molecule has 0 unspecified atom stereocenters. The Morgan fingerprint density at radius 3 is 2.50 bits per heavy atom. The highest BCUT2D eigenvalue weighted by Gasteiger charge is 2.48. The molecule has 1 fully saturated rings. The number of hydrogen-bond donors (Lipinski definition) is 1. The second kappa shape index (κ2) is 5.76. The van der Waals surface area contributed by atoms with E-state index >= 15 is 0 Å². The van der Waals surface area contributed by atoms with Crippen LogP contribution < -0.4 is 5.73 Å². The lowest BCUT2D eigenvalue weighted by Crippen LogP contribution is -2.17. The third-order valence-electron chi connectivity index (χ3n) is 3.76. The molecule has 122 valence electrons. The average Bonchev–Trinajstić information content (AvgIpc) is 2.99. The number of benzene rings is 1. The smallest absolute Gasteiger partial charge is 0.387 e. The zero-order valence-corrected chi connectivity index (χ0v) is 13.4. The summed E-state index contributed by atoms with van der Waals surface area (Å²) in [5.41, 5.74) is 6.39. The van der Waals surface area contributed by atoms with Gasteiger partial charge in [0.15, 0.2) is 0 Å². The van der Waals surface area contributed by atoms with Crippen molar-refractivity contribution in [2.75, 3.05) is 5.75 Å². The van der Waals surface area contributed by atoms with Crippen molar-refractivity contribution in [3.63, 3.8) is 0 Å². The highest BCUT2D eigenvalue weighted by molar-refractivity contribution is 7.99. The first kappa shape index (κ1) is 17.1. The van der Waals surface area contributed by atoms with E-state index in [1.54, 1.807) is 6.92 Å². The van der Waals surface area contributed by atoms with Crippen LogP contribution >= 0.6 is 11.8 Å². The van der Waals surface area contributed by atoms with Crippen LogP contribution in [0.15, 0.2) is 22.0 Å². The Morgan fingerprint density at radius 2 is 2.00 bits per heavy atom. The van der Waals surface area contributed by atoms with Crippen LogP contribution in [0.5, 0.6) is 0 Å². The maximum Gasteiger partial charge on any atom is 0.398 e. The predicted octanol–water partition coefficient (Wildman–Crippen LogP) is 4.82. The number of halogens is 4. The van der Waals surface area contributed by atoms with Crippen molar-refractivity contribution in [2.45, 2.75) is 38.3 Å². The molecule has 1 aliphatic rings. The number of nitrogens with zero attached hydrogens (tertiary/aromatic N) is 1. The molecule has 0 bridgehead atoms. The molecule has 2 nitrogen and oxygen atoms in total. The van der Waals surface area contributed by atoms with Crippen molar-refractivity contribution >= 4 is 23.3 Å². The van der Waals surface area contributed by atoms with Gasteiger partial charge in [0.25, 0.3) is 0 Å². The standard InChI is InChI=1S/C15H18F4N2S/c1-8-4-10(16)11(5-12(8)22-7-15(17,18)19)21-13(20)9-6-14(9,2)3/h4-5,9H,6-7H2,1-3H3,(H2,20,21)/t9-/m1/s1. The summed E-state index contributed by atoms with van der Waals surface area (Å²) in [6, 6.07) is 2.53. The van der Waals surface area contributed by atoms with Crippen molar-refractivity contribution in [3.8, 4) is 0 Å². The van der Waals surface area contributed by atoms with Gasteiger partial charge in [-0.2, -0.15) is 13.2 Å². The first-order valence-corrected chi connectivity index (χ1v) is 7.82. The topological polar surface area (TPSA) is 38.4 Å². The van der Waals surface area contributed by atoms with E-state index in [0.717, 1.165) is 6.42 Å². The van der Waals surface area contributed by atoms with E-state index in [-0.39, 0.29) is 17.0 Å². The van der Waals surface area contributed by atoms with Gasteiger partial charge in [0.05, 0.1) is 5.75 Å². The summed E-state index contributed by atoms with van der Waals surface area (Å²) in [5, 5.41) is 0. The molecule has 0 aromatic heterocycles. The number of alkyl halides is 3. The van der Waals surface area contributed by atoms with E-state index in [9.17, 15) is 17.6 Å². The molecule has 2 rings (SSSR count). The maximum atomic E-state index is 13.9. The van der Waals surface area contributed by atoms with Crippen LogP contribution in [0.25, 0.3) is 0 Å². The number of aliphatic imine (C=N–C) groups is 1. The number of amidine groups is 1. The van der Waals surface area contributed by atoms with Gasteiger partial charge in [-0.1, -0.05) is 13.8 Å². The summed E-state index contributed by atoms with van der Waals surface area (Å²) in [6.45, 7) is 5.65. The fourth-order valence-electron chi connectivity index (χ4n) is 2.23. The Morgan fingerprint density at radius 1 is 1.41 bits per heavy atom. The van der Waals surface area contributed by atoms with Crippen molar-refractivity contribution in [2.24, 2.45) is 22.1 Å². The largest absolute Gasteiger partial charge is 0.398 e. The van der Waals surface area contributed by atoms with Gasteiger partial charge >= 0.3 is 6.18 Å². The van der Waals surface area contributed by atoms with Gasteiger partial charge in [-0.15, -0.1) is 11.8 Å². The molecule has 0 saturated heterocycles. The summed E-state index contributed by atoms with van der Waals surface area (Å²) >= 11 is 0.626. The molecule has 0 aliphatic heterocycles. The average molecular weight is 334 g/mol. The van der Waals surface area contributed by atoms with Crippen molar-refractivity contribution in [3.05, 3.63) is 23.5 Å². The molecule has 1 atom stereocenters. The van der Waals surface area contributed by atoms with Gasteiger partial charge in [-0.3, -0.25) is 0 Å². The Hall–Kier alpha value is -1.24. The van der Waals surface area contributed by atoms with E-state index in [0.29, 0.717) is 28.1 Å². The van der Waals surface area contributed by atoms with Crippen molar-refractivity contribution < 1.29 is 17.6 Å². The predicted molar refractivity (Wildman–Crippen MR) is 81.1 cm³/mol.